The SMILES string of the molecule is CNCC(C)C(=O)Nc1ccc(Sc2nncs2)cc1. The van der Waals surface area contributed by atoms with E-state index < -0.39 is 0 Å². The van der Waals surface area contributed by atoms with Crippen LogP contribution >= 0.6 is 23.1 Å². The maximum absolute atomic E-state index is 11.9. The predicted molar refractivity (Wildman–Crippen MR) is 82.2 cm³/mol. The summed E-state index contributed by atoms with van der Waals surface area (Å²) in [5.74, 6) is -0.0423. The van der Waals surface area contributed by atoms with Crippen molar-refractivity contribution in [2.45, 2.75) is 16.2 Å². The van der Waals surface area contributed by atoms with Gasteiger partial charge in [0.05, 0.1) is 0 Å². The summed E-state index contributed by atoms with van der Waals surface area (Å²) in [6, 6.07) is 7.72. The van der Waals surface area contributed by atoms with Crippen LogP contribution in [0.3, 0.4) is 0 Å². The number of nitrogens with zero attached hydrogens (tertiary/aromatic N) is 2. The monoisotopic (exact) mass is 308 g/mol. The number of hydrogen-bond donors (Lipinski definition) is 2. The van der Waals surface area contributed by atoms with Crippen LogP contribution in [0.15, 0.2) is 39.0 Å². The molecule has 0 spiro atoms. The van der Waals surface area contributed by atoms with E-state index in [-0.39, 0.29) is 11.8 Å². The molecule has 0 aliphatic carbocycles. The molecular weight excluding hydrogens is 292 g/mol. The minimum absolute atomic E-state index is 0.0175. The summed E-state index contributed by atoms with van der Waals surface area (Å²) in [4.78, 5) is 12.9. The number of aromatic nitrogens is 2. The second-order valence-corrected chi connectivity index (χ2v) is 6.43. The minimum atomic E-state index is -0.0598. The highest BCUT2D eigenvalue weighted by Gasteiger charge is 2.11. The number of rotatable bonds is 6. The van der Waals surface area contributed by atoms with Crippen molar-refractivity contribution in [1.82, 2.24) is 15.5 Å². The molecular formula is C13H16N4OS2. The Morgan fingerprint density at radius 3 is 2.75 bits per heavy atom. The lowest BCUT2D eigenvalue weighted by atomic mass is 10.1. The van der Waals surface area contributed by atoms with Gasteiger partial charge in [-0.15, -0.1) is 10.2 Å². The number of anilines is 1. The fraction of sp³-hybridized carbons (Fsp3) is 0.308. The van der Waals surface area contributed by atoms with E-state index in [1.807, 2.05) is 38.2 Å². The molecule has 2 aromatic rings. The highest BCUT2D eigenvalue weighted by atomic mass is 32.2. The Kier molecular flexibility index (Phi) is 5.51. The number of carbonyl (C=O) groups excluding carboxylic acids is 1. The third-order valence-corrected chi connectivity index (χ3v) is 4.41. The molecule has 5 nitrogen and oxygen atoms in total. The van der Waals surface area contributed by atoms with E-state index in [2.05, 4.69) is 20.8 Å². The molecule has 0 saturated heterocycles. The van der Waals surface area contributed by atoms with Gasteiger partial charge in [-0.2, -0.15) is 0 Å². The Balaban J connectivity index is 1.93. The van der Waals surface area contributed by atoms with E-state index >= 15 is 0 Å². The summed E-state index contributed by atoms with van der Waals surface area (Å²) in [5, 5.41) is 13.7. The second-order valence-electron chi connectivity index (χ2n) is 4.28. The largest absolute Gasteiger partial charge is 0.326 e. The number of benzene rings is 1. The van der Waals surface area contributed by atoms with Gasteiger partial charge < -0.3 is 10.6 Å². The van der Waals surface area contributed by atoms with E-state index in [0.29, 0.717) is 6.54 Å². The fourth-order valence-corrected chi connectivity index (χ4v) is 3.03. The topological polar surface area (TPSA) is 66.9 Å². The van der Waals surface area contributed by atoms with Crippen LogP contribution in [0.2, 0.25) is 0 Å². The van der Waals surface area contributed by atoms with E-state index in [1.165, 1.54) is 11.3 Å². The molecule has 2 N–H and O–H groups in total. The average Bonchev–Trinajstić information content (AvgIpc) is 2.94. The van der Waals surface area contributed by atoms with Gasteiger partial charge >= 0.3 is 0 Å². The van der Waals surface area contributed by atoms with Crippen molar-refractivity contribution in [3.63, 3.8) is 0 Å². The van der Waals surface area contributed by atoms with Gasteiger partial charge in [0.1, 0.15) is 5.51 Å². The van der Waals surface area contributed by atoms with Gasteiger partial charge in [-0.3, -0.25) is 4.79 Å². The number of carbonyl (C=O) groups is 1. The number of nitrogens with one attached hydrogen (secondary N) is 2. The van der Waals surface area contributed by atoms with E-state index in [1.54, 1.807) is 17.3 Å². The van der Waals surface area contributed by atoms with Gasteiger partial charge in [0.2, 0.25) is 5.91 Å². The molecule has 0 fully saturated rings. The highest BCUT2D eigenvalue weighted by molar-refractivity contribution is 8.01. The van der Waals surface area contributed by atoms with Crippen LogP contribution in [0.5, 0.6) is 0 Å². The smallest absolute Gasteiger partial charge is 0.228 e. The van der Waals surface area contributed by atoms with Gasteiger partial charge in [-0.25, -0.2) is 0 Å². The molecule has 1 aromatic heterocycles. The van der Waals surface area contributed by atoms with E-state index in [4.69, 9.17) is 0 Å². The molecule has 1 atom stereocenters. The Morgan fingerprint density at radius 1 is 1.40 bits per heavy atom. The summed E-state index contributed by atoms with van der Waals surface area (Å²) >= 11 is 3.06. The first-order chi connectivity index (χ1) is 9.69. The van der Waals surface area contributed by atoms with Crippen molar-refractivity contribution in [1.29, 1.82) is 0 Å². The van der Waals surface area contributed by atoms with Crippen molar-refractivity contribution in [2.24, 2.45) is 5.92 Å². The van der Waals surface area contributed by atoms with Crippen LogP contribution in [0.1, 0.15) is 6.92 Å². The maximum atomic E-state index is 11.9. The Bertz CT molecular complexity index is 542. The number of hydrogen-bond acceptors (Lipinski definition) is 6. The normalized spacial score (nSPS) is 12.1. The summed E-state index contributed by atoms with van der Waals surface area (Å²) in [5.41, 5.74) is 2.51. The molecule has 106 valence electrons. The zero-order valence-electron chi connectivity index (χ0n) is 11.3. The van der Waals surface area contributed by atoms with Crippen LogP contribution in [0.25, 0.3) is 0 Å². The molecule has 7 heteroatoms. The van der Waals surface area contributed by atoms with Crippen molar-refractivity contribution < 1.29 is 4.79 Å². The second kappa shape index (κ2) is 7.37. The summed E-state index contributed by atoms with van der Waals surface area (Å²) in [6.07, 6.45) is 0. The van der Waals surface area contributed by atoms with Crippen molar-refractivity contribution >= 4 is 34.7 Å². The molecule has 2 rings (SSSR count). The average molecular weight is 308 g/mol. The van der Waals surface area contributed by atoms with Crippen LogP contribution in [-0.4, -0.2) is 29.7 Å². The zero-order chi connectivity index (χ0) is 14.4. The van der Waals surface area contributed by atoms with Gasteiger partial charge in [0.15, 0.2) is 4.34 Å². The molecule has 0 saturated carbocycles. The molecule has 1 heterocycles. The first-order valence-electron chi connectivity index (χ1n) is 6.18. The maximum Gasteiger partial charge on any atom is 0.228 e. The van der Waals surface area contributed by atoms with Crippen LogP contribution < -0.4 is 10.6 Å². The van der Waals surface area contributed by atoms with Gasteiger partial charge in [-0.05, 0) is 31.3 Å². The minimum Gasteiger partial charge on any atom is -0.326 e. The first kappa shape index (κ1) is 15.0. The Labute approximate surface area is 126 Å². The summed E-state index contributed by atoms with van der Waals surface area (Å²) < 4.78 is 0.907. The van der Waals surface area contributed by atoms with E-state index in [9.17, 15) is 4.79 Å². The summed E-state index contributed by atoms with van der Waals surface area (Å²) in [6.45, 7) is 2.56. The lowest BCUT2D eigenvalue weighted by Gasteiger charge is -2.11. The van der Waals surface area contributed by atoms with Crippen molar-refractivity contribution in [3.8, 4) is 0 Å². The number of amides is 1. The van der Waals surface area contributed by atoms with Gasteiger partial charge in [-0.1, -0.05) is 30.0 Å². The molecule has 0 bridgehead atoms. The van der Waals surface area contributed by atoms with Crippen LogP contribution in [0.4, 0.5) is 5.69 Å². The van der Waals surface area contributed by atoms with Crippen molar-refractivity contribution in [2.75, 3.05) is 18.9 Å². The Hall–Kier alpha value is -1.44. The highest BCUT2D eigenvalue weighted by Crippen LogP contribution is 2.29. The fourth-order valence-electron chi connectivity index (χ4n) is 1.58. The lowest BCUT2D eigenvalue weighted by molar-refractivity contribution is -0.119. The molecule has 20 heavy (non-hydrogen) atoms. The lowest BCUT2D eigenvalue weighted by Crippen LogP contribution is -2.28. The molecule has 1 aromatic carbocycles. The zero-order valence-corrected chi connectivity index (χ0v) is 12.9. The van der Waals surface area contributed by atoms with Crippen molar-refractivity contribution in [3.05, 3.63) is 29.8 Å². The Morgan fingerprint density at radius 2 is 2.15 bits per heavy atom. The predicted octanol–water partition coefficient (Wildman–Crippen LogP) is 2.48. The third-order valence-electron chi connectivity index (χ3n) is 2.62. The van der Waals surface area contributed by atoms with Gasteiger partial charge in [0, 0.05) is 23.0 Å². The van der Waals surface area contributed by atoms with Crippen LogP contribution in [0, 0.1) is 5.92 Å². The van der Waals surface area contributed by atoms with Gasteiger partial charge in [0.25, 0.3) is 0 Å². The molecule has 1 unspecified atom stereocenters. The van der Waals surface area contributed by atoms with Crippen LogP contribution in [-0.2, 0) is 4.79 Å². The summed E-state index contributed by atoms with van der Waals surface area (Å²) in [7, 11) is 1.84. The molecule has 0 aliphatic rings. The quantitative estimate of drug-likeness (QED) is 0.858. The first-order valence-corrected chi connectivity index (χ1v) is 7.88. The molecule has 0 aliphatic heterocycles. The molecule has 0 radical (unpaired) electrons. The molecule has 1 amide bonds. The third kappa shape index (κ3) is 4.29. The van der Waals surface area contributed by atoms with E-state index in [0.717, 1.165) is 14.9 Å². The standard InChI is InChI=1S/C13H16N4OS2/c1-9(7-14-2)12(18)16-10-3-5-11(6-4-10)20-13-17-15-8-19-13/h3-6,8-9,14H,7H2,1-2H3,(H,16,18).